The van der Waals surface area contributed by atoms with Crippen LogP contribution >= 0.6 is 0 Å². The van der Waals surface area contributed by atoms with Crippen molar-refractivity contribution in [1.82, 2.24) is 4.90 Å². The molecule has 0 heterocycles. The number of hydrogen-bond acceptors (Lipinski definition) is 9. The predicted octanol–water partition coefficient (Wildman–Crippen LogP) is 1.80. The van der Waals surface area contributed by atoms with E-state index in [1.165, 1.54) is 11.0 Å². The highest BCUT2D eigenvalue weighted by Gasteiger charge is 2.63. The van der Waals surface area contributed by atoms with E-state index < -0.39 is 58.0 Å². The Kier molecular flexibility index (Phi) is 5.85. The summed E-state index contributed by atoms with van der Waals surface area (Å²) in [4.78, 5) is 40.7. The summed E-state index contributed by atoms with van der Waals surface area (Å²) in [6, 6.07) is 9.26. The number of phenols is 1. The first-order valence-corrected chi connectivity index (χ1v) is 12.1. The van der Waals surface area contributed by atoms with Crippen molar-refractivity contribution in [3.63, 3.8) is 0 Å². The van der Waals surface area contributed by atoms with Crippen LogP contribution in [0.5, 0.6) is 11.5 Å². The highest BCUT2D eigenvalue weighted by molar-refractivity contribution is 6.24. The summed E-state index contributed by atoms with van der Waals surface area (Å²) < 4.78 is 5.23. The van der Waals surface area contributed by atoms with E-state index in [0.717, 1.165) is 5.56 Å². The Labute approximate surface area is 218 Å². The van der Waals surface area contributed by atoms with Crippen molar-refractivity contribution in [3.05, 3.63) is 70.2 Å². The lowest BCUT2D eigenvalue weighted by atomic mass is 9.58. The largest absolute Gasteiger partial charge is 0.510 e. The van der Waals surface area contributed by atoms with Gasteiger partial charge in [-0.1, -0.05) is 18.2 Å². The van der Waals surface area contributed by atoms with Crippen molar-refractivity contribution in [1.29, 1.82) is 0 Å². The Morgan fingerprint density at radius 1 is 1.08 bits per heavy atom. The van der Waals surface area contributed by atoms with E-state index in [1.807, 2.05) is 12.1 Å². The van der Waals surface area contributed by atoms with Gasteiger partial charge in [-0.2, -0.15) is 0 Å². The first-order chi connectivity index (χ1) is 17.9. The van der Waals surface area contributed by atoms with Crippen molar-refractivity contribution in [3.8, 4) is 22.6 Å². The quantitative estimate of drug-likeness (QED) is 0.377. The molecule has 0 radical (unpaired) electrons. The third-order valence-electron chi connectivity index (χ3n) is 8.01. The molecule has 0 saturated heterocycles. The standard InChI is InChI=1S/C28H28N2O8/c1-30(2)22-17-11-13-10-16-15(12-4-6-14(38-3)7-5-12)8-9-18(31)20(16)23(32)19(13)25(34)28(17,37)26(35)21(24(22)33)27(29)36/h4-9,13,17,22,31,33-34,37H,10-11H2,1-3H3,(H2,29,36)/t13-,17-,22-,28-/m0/s1. The van der Waals surface area contributed by atoms with Gasteiger partial charge in [-0.25, -0.2) is 0 Å². The van der Waals surface area contributed by atoms with E-state index in [1.54, 1.807) is 39.4 Å². The fourth-order valence-electron chi connectivity index (χ4n) is 6.29. The molecular formula is C28H28N2O8. The minimum absolute atomic E-state index is 0.0286. The van der Waals surface area contributed by atoms with Crippen LogP contribution in [0, 0.1) is 11.8 Å². The second kappa shape index (κ2) is 8.71. The molecule has 198 valence electrons. The number of carbonyl (C=O) groups is 3. The maximum atomic E-state index is 13.8. The molecule has 10 heteroatoms. The summed E-state index contributed by atoms with van der Waals surface area (Å²) in [5, 5.41) is 44.6. The van der Waals surface area contributed by atoms with Gasteiger partial charge >= 0.3 is 0 Å². The molecule has 0 aromatic heterocycles. The van der Waals surface area contributed by atoms with Gasteiger partial charge in [-0.05, 0) is 67.7 Å². The van der Waals surface area contributed by atoms with E-state index in [0.29, 0.717) is 16.9 Å². The number of likely N-dealkylation sites (N-methyl/N-ethyl adjacent to an activating group) is 1. The Bertz CT molecular complexity index is 1460. The predicted molar refractivity (Wildman–Crippen MR) is 136 cm³/mol. The number of ketones is 2. The molecule has 3 aliphatic carbocycles. The van der Waals surface area contributed by atoms with E-state index in [2.05, 4.69) is 0 Å². The number of aromatic hydroxyl groups is 1. The molecule has 2 aromatic carbocycles. The minimum atomic E-state index is -2.66. The summed E-state index contributed by atoms with van der Waals surface area (Å²) in [6.07, 6.45) is 0.244. The number of hydrogen-bond donors (Lipinski definition) is 5. The van der Waals surface area contributed by atoms with Gasteiger partial charge in [0.1, 0.15) is 28.6 Å². The maximum Gasteiger partial charge on any atom is 0.255 e. The van der Waals surface area contributed by atoms with E-state index >= 15 is 0 Å². The van der Waals surface area contributed by atoms with E-state index in [4.69, 9.17) is 10.5 Å². The molecule has 3 aliphatic rings. The number of carbonyl (C=O) groups excluding carboxylic acids is 3. The molecule has 38 heavy (non-hydrogen) atoms. The van der Waals surface area contributed by atoms with Gasteiger partial charge in [0.15, 0.2) is 11.4 Å². The van der Waals surface area contributed by atoms with Gasteiger partial charge in [0.2, 0.25) is 5.78 Å². The maximum absolute atomic E-state index is 13.8. The molecule has 0 fully saturated rings. The van der Waals surface area contributed by atoms with Crippen molar-refractivity contribution >= 4 is 17.5 Å². The minimum Gasteiger partial charge on any atom is -0.510 e. The Hall–Kier alpha value is -4.15. The van der Waals surface area contributed by atoms with Crippen LogP contribution in [0.15, 0.2) is 59.1 Å². The number of amides is 1. The number of aliphatic hydroxyl groups is 3. The number of nitrogens with zero attached hydrogens (tertiary/aromatic N) is 1. The number of nitrogens with two attached hydrogens (primary N) is 1. The smallest absolute Gasteiger partial charge is 0.255 e. The van der Waals surface area contributed by atoms with Crippen LogP contribution in [0.3, 0.4) is 0 Å². The second-order valence-electron chi connectivity index (χ2n) is 10.2. The van der Waals surface area contributed by atoms with Crippen LogP contribution in [-0.2, 0) is 16.0 Å². The van der Waals surface area contributed by atoms with Gasteiger partial charge in [0, 0.05) is 11.5 Å². The SMILES string of the molecule is COc1ccc(-c2ccc(O)c3c2C[C@H]2C[C@H]4[C@H](N(C)C)C(O)=C(C(N)=O)C(=O)[C@@]4(O)C(O)=C2C3=O)cc1. The van der Waals surface area contributed by atoms with Crippen LogP contribution in [0.25, 0.3) is 11.1 Å². The number of methoxy groups -OCH3 is 1. The number of phenolic OH excluding ortho intramolecular Hbond substituents is 1. The molecule has 0 saturated carbocycles. The molecule has 0 unspecified atom stereocenters. The van der Waals surface area contributed by atoms with Crippen LogP contribution in [0.2, 0.25) is 0 Å². The summed E-state index contributed by atoms with van der Waals surface area (Å²) >= 11 is 0. The lowest BCUT2D eigenvalue weighted by Gasteiger charge is -2.50. The van der Waals surface area contributed by atoms with Gasteiger partial charge in [-0.15, -0.1) is 0 Å². The van der Waals surface area contributed by atoms with E-state index in [9.17, 15) is 34.8 Å². The zero-order chi connectivity index (χ0) is 27.7. The Balaban J connectivity index is 1.70. The Morgan fingerprint density at radius 2 is 1.74 bits per heavy atom. The lowest BCUT2D eigenvalue weighted by Crippen LogP contribution is -2.63. The monoisotopic (exact) mass is 520 g/mol. The van der Waals surface area contributed by atoms with Crippen molar-refractivity contribution in [2.24, 2.45) is 17.6 Å². The lowest BCUT2D eigenvalue weighted by molar-refractivity contribution is -0.148. The van der Waals surface area contributed by atoms with Gasteiger partial charge in [0.05, 0.1) is 18.7 Å². The molecule has 1 amide bonds. The zero-order valence-corrected chi connectivity index (χ0v) is 21.1. The van der Waals surface area contributed by atoms with Gasteiger partial charge in [-0.3, -0.25) is 19.3 Å². The van der Waals surface area contributed by atoms with Gasteiger partial charge < -0.3 is 30.9 Å². The highest BCUT2D eigenvalue weighted by Crippen LogP contribution is 2.53. The number of benzene rings is 2. The molecule has 2 aromatic rings. The van der Waals surface area contributed by atoms with Crippen molar-refractivity contribution < 1.29 is 39.5 Å². The average Bonchev–Trinajstić information content (AvgIpc) is 2.86. The van der Waals surface area contributed by atoms with Gasteiger partial charge in [0.25, 0.3) is 5.91 Å². The van der Waals surface area contributed by atoms with Crippen molar-refractivity contribution in [2.75, 3.05) is 21.2 Å². The molecule has 0 spiro atoms. The fraction of sp³-hybridized carbons (Fsp3) is 0.321. The topological polar surface area (TPSA) is 171 Å². The number of primary amides is 1. The fourth-order valence-corrected chi connectivity index (χ4v) is 6.29. The number of aliphatic hydroxyl groups excluding tert-OH is 2. The molecular weight excluding hydrogens is 492 g/mol. The molecule has 6 N–H and O–H groups in total. The highest BCUT2D eigenvalue weighted by atomic mass is 16.5. The number of rotatable bonds is 4. The number of allylic oxidation sites excluding steroid dienone is 1. The number of fused-ring (bicyclic) bond motifs is 3. The summed E-state index contributed by atoms with van der Waals surface area (Å²) in [6.45, 7) is 0. The van der Waals surface area contributed by atoms with Crippen molar-refractivity contribution in [2.45, 2.75) is 24.5 Å². The zero-order valence-electron chi connectivity index (χ0n) is 21.1. The number of Topliss-reactive ketones (excluding diaryl/α,β-unsaturated/α-hetero) is 2. The summed E-state index contributed by atoms with van der Waals surface area (Å²) in [7, 11) is 4.73. The molecule has 0 aliphatic heterocycles. The first kappa shape index (κ1) is 25.5. The summed E-state index contributed by atoms with van der Waals surface area (Å²) in [5.41, 5.74) is 3.70. The Morgan fingerprint density at radius 3 is 2.32 bits per heavy atom. The second-order valence-corrected chi connectivity index (χ2v) is 10.2. The van der Waals surface area contributed by atoms with Crippen LogP contribution in [0.1, 0.15) is 22.3 Å². The summed E-state index contributed by atoms with van der Waals surface area (Å²) in [5.74, 6) is -6.08. The normalized spacial score (nSPS) is 26.7. The van der Waals surface area contributed by atoms with Crippen LogP contribution in [-0.4, -0.2) is 75.6 Å². The molecule has 0 bridgehead atoms. The first-order valence-electron chi connectivity index (χ1n) is 12.1. The molecule has 5 rings (SSSR count). The van der Waals surface area contributed by atoms with E-state index in [-0.39, 0.29) is 29.7 Å². The third kappa shape index (κ3) is 3.37. The van der Waals surface area contributed by atoms with Crippen LogP contribution in [0.4, 0.5) is 0 Å². The molecule has 4 atom stereocenters. The third-order valence-corrected chi connectivity index (χ3v) is 8.01. The number of ether oxygens (including phenoxy) is 1. The average molecular weight is 521 g/mol. The van der Waals surface area contributed by atoms with Crippen LogP contribution < -0.4 is 10.5 Å². The molecule has 10 nitrogen and oxygen atoms in total.